The van der Waals surface area contributed by atoms with E-state index in [-0.39, 0.29) is 0 Å². The summed E-state index contributed by atoms with van der Waals surface area (Å²) in [6, 6.07) is 8.64. The molecule has 0 radical (unpaired) electrons. The molecule has 0 N–H and O–H groups in total. The van der Waals surface area contributed by atoms with Crippen LogP contribution in [0.1, 0.15) is 37.8 Å². The van der Waals surface area contributed by atoms with Gasteiger partial charge >= 0.3 is 0 Å². The normalized spacial score (nSPS) is 11.2. The Balaban J connectivity index is 1.84. The van der Waals surface area contributed by atoms with Crippen LogP contribution in [0, 0.1) is 12.8 Å². The topological polar surface area (TPSA) is 18.0 Å². The van der Waals surface area contributed by atoms with Crippen LogP contribution in [0.5, 0.6) is 0 Å². The van der Waals surface area contributed by atoms with E-state index in [0.29, 0.717) is 12.6 Å². The second kappa shape index (κ2) is 7.99. The van der Waals surface area contributed by atoms with E-state index in [1.165, 1.54) is 24.0 Å². The Hall–Kier alpha value is -1.61. The van der Waals surface area contributed by atoms with Gasteiger partial charge in [0, 0.05) is 0 Å². The summed E-state index contributed by atoms with van der Waals surface area (Å²) >= 11 is 0. The van der Waals surface area contributed by atoms with E-state index in [4.69, 9.17) is 4.74 Å². The summed E-state index contributed by atoms with van der Waals surface area (Å²) in [5, 5.41) is 0. The number of hydrogen-bond acceptors (Lipinski definition) is 1. The summed E-state index contributed by atoms with van der Waals surface area (Å²) in [4.78, 5) is 0. The van der Waals surface area contributed by atoms with Crippen LogP contribution in [0.4, 0.5) is 0 Å². The van der Waals surface area contributed by atoms with E-state index < -0.39 is 0 Å². The Morgan fingerprint density at radius 1 is 1.24 bits per heavy atom. The van der Waals surface area contributed by atoms with Crippen LogP contribution >= 0.6 is 0 Å². The van der Waals surface area contributed by atoms with Crippen LogP contribution in [0.3, 0.4) is 0 Å². The molecule has 0 amide bonds. The molecule has 2 aromatic rings. The summed E-state index contributed by atoms with van der Waals surface area (Å²) in [6.45, 7) is 8.97. The van der Waals surface area contributed by atoms with Crippen LogP contribution in [-0.2, 0) is 18.0 Å². The lowest BCUT2D eigenvalue weighted by Gasteiger charge is -2.10. The van der Waals surface area contributed by atoms with Gasteiger partial charge < -0.3 is 4.74 Å². The average molecular weight is 287 g/mol. The molecule has 0 fully saturated rings. The third kappa shape index (κ3) is 5.01. The maximum atomic E-state index is 5.80. The number of aromatic nitrogens is 2. The van der Waals surface area contributed by atoms with Crippen molar-refractivity contribution in [2.24, 2.45) is 5.92 Å². The van der Waals surface area contributed by atoms with Crippen LogP contribution in [0.25, 0.3) is 0 Å². The zero-order chi connectivity index (χ0) is 15.1. The van der Waals surface area contributed by atoms with E-state index in [1.807, 2.05) is 0 Å². The van der Waals surface area contributed by atoms with Crippen LogP contribution < -0.4 is 4.57 Å². The van der Waals surface area contributed by atoms with Gasteiger partial charge in [-0.25, -0.2) is 9.13 Å². The number of rotatable bonds is 8. The molecule has 0 atom stereocenters. The largest absolute Gasteiger partial charge is 0.341 e. The van der Waals surface area contributed by atoms with E-state index in [2.05, 4.69) is 72.9 Å². The molecule has 0 spiro atoms. The van der Waals surface area contributed by atoms with Gasteiger partial charge in [0.25, 0.3) is 0 Å². The molecule has 1 aromatic carbocycles. The molecule has 0 aliphatic carbocycles. The first-order valence-electron chi connectivity index (χ1n) is 7.89. The van der Waals surface area contributed by atoms with E-state index in [1.54, 1.807) is 0 Å². The quantitative estimate of drug-likeness (QED) is 0.679. The number of aryl methyl sites for hydroxylation is 1. The number of ether oxygens (including phenoxy) is 1. The third-order valence-electron chi connectivity index (χ3n) is 3.94. The minimum Gasteiger partial charge on any atom is -0.341 e. The minimum atomic E-state index is 0.636. The van der Waals surface area contributed by atoms with Crippen molar-refractivity contribution in [1.29, 1.82) is 0 Å². The molecule has 1 aromatic heterocycles. The summed E-state index contributed by atoms with van der Waals surface area (Å²) < 4.78 is 10.1. The first-order valence-corrected chi connectivity index (χ1v) is 7.89. The fourth-order valence-electron chi connectivity index (χ4n) is 2.48. The Labute approximate surface area is 128 Å². The molecule has 114 valence electrons. The molecule has 0 aliphatic heterocycles. The second-order valence-corrected chi connectivity index (χ2v) is 5.77. The van der Waals surface area contributed by atoms with Gasteiger partial charge in [0.2, 0.25) is 6.33 Å². The molecule has 2 rings (SSSR count). The van der Waals surface area contributed by atoms with Crippen molar-refractivity contribution < 1.29 is 9.30 Å². The van der Waals surface area contributed by atoms with Gasteiger partial charge in [-0.2, -0.15) is 0 Å². The number of nitrogens with zero attached hydrogens (tertiary/aromatic N) is 2. The summed E-state index contributed by atoms with van der Waals surface area (Å²) in [5.74, 6) is 0.681. The predicted octanol–water partition coefficient (Wildman–Crippen LogP) is 3.54. The Bertz CT molecular complexity index is 544. The average Bonchev–Trinajstić information content (AvgIpc) is 2.91. The number of imidazole rings is 1. The maximum Gasteiger partial charge on any atom is 0.245 e. The molecule has 0 saturated carbocycles. The van der Waals surface area contributed by atoms with Gasteiger partial charge in [-0.05, 0) is 18.4 Å². The van der Waals surface area contributed by atoms with Crippen LogP contribution in [0.15, 0.2) is 43.0 Å². The van der Waals surface area contributed by atoms with Crippen molar-refractivity contribution in [2.75, 3.05) is 6.61 Å². The predicted molar refractivity (Wildman–Crippen MR) is 84.9 cm³/mol. The van der Waals surface area contributed by atoms with Crippen molar-refractivity contribution in [3.05, 3.63) is 54.1 Å². The third-order valence-corrected chi connectivity index (χ3v) is 3.94. The van der Waals surface area contributed by atoms with Crippen LogP contribution in [-0.4, -0.2) is 11.2 Å². The van der Waals surface area contributed by atoms with Crippen LogP contribution in [0.2, 0.25) is 0 Å². The summed E-state index contributed by atoms with van der Waals surface area (Å²) in [6.07, 6.45) is 8.66. The molecule has 3 nitrogen and oxygen atoms in total. The van der Waals surface area contributed by atoms with E-state index in [0.717, 1.165) is 13.2 Å². The Morgan fingerprint density at radius 2 is 2.05 bits per heavy atom. The van der Waals surface area contributed by atoms with Crippen molar-refractivity contribution in [3.63, 3.8) is 0 Å². The lowest BCUT2D eigenvalue weighted by Crippen LogP contribution is -2.31. The first kappa shape index (κ1) is 15.8. The molecule has 0 saturated heterocycles. The molecule has 0 bridgehead atoms. The van der Waals surface area contributed by atoms with Gasteiger partial charge in [-0.15, -0.1) is 0 Å². The summed E-state index contributed by atoms with van der Waals surface area (Å²) in [5.41, 5.74) is 2.64. The van der Waals surface area contributed by atoms with Crippen molar-refractivity contribution in [3.8, 4) is 0 Å². The highest BCUT2D eigenvalue weighted by Gasteiger charge is 2.07. The standard InChI is InChI=1S/C18H27N2O/c1-4-17(5-2)13-21-15-20-10-9-19(14-20)12-18-8-6-7-16(3)11-18/h6-11,14,17H,4-5,12-13,15H2,1-3H3/q+1. The minimum absolute atomic E-state index is 0.636. The number of benzene rings is 1. The molecular formula is C18H27N2O+. The lowest BCUT2D eigenvalue weighted by atomic mass is 10.1. The maximum absolute atomic E-state index is 5.80. The highest BCUT2D eigenvalue weighted by Crippen LogP contribution is 2.08. The van der Waals surface area contributed by atoms with E-state index >= 15 is 0 Å². The smallest absolute Gasteiger partial charge is 0.245 e. The molecule has 0 unspecified atom stereocenters. The van der Waals surface area contributed by atoms with Gasteiger partial charge in [-0.3, -0.25) is 0 Å². The van der Waals surface area contributed by atoms with E-state index in [9.17, 15) is 0 Å². The fraction of sp³-hybridized carbons (Fsp3) is 0.500. The highest BCUT2D eigenvalue weighted by molar-refractivity contribution is 5.21. The van der Waals surface area contributed by atoms with Crippen molar-refractivity contribution in [2.45, 2.75) is 46.9 Å². The fourth-order valence-corrected chi connectivity index (χ4v) is 2.48. The van der Waals surface area contributed by atoms with Gasteiger partial charge in [0.15, 0.2) is 6.73 Å². The molecule has 1 heterocycles. The summed E-state index contributed by atoms with van der Waals surface area (Å²) in [7, 11) is 0. The Morgan fingerprint density at radius 3 is 2.76 bits per heavy atom. The molecule has 21 heavy (non-hydrogen) atoms. The molecular weight excluding hydrogens is 260 g/mol. The van der Waals surface area contributed by atoms with Gasteiger partial charge in [-0.1, -0.05) is 56.5 Å². The monoisotopic (exact) mass is 287 g/mol. The SMILES string of the molecule is CCC(CC)COCn1cc[n+](Cc2cccc(C)c2)c1. The highest BCUT2D eigenvalue weighted by atomic mass is 16.5. The van der Waals surface area contributed by atoms with Gasteiger partial charge in [0.1, 0.15) is 18.9 Å². The molecule has 0 aliphatic rings. The Kier molecular flexibility index (Phi) is 6.00. The van der Waals surface area contributed by atoms with Crippen molar-refractivity contribution >= 4 is 0 Å². The number of hydrogen-bond donors (Lipinski definition) is 0. The zero-order valence-electron chi connectivity index (χ0n) is 13.5. The molecule has 3 heteroatoms. The van der Waals surface area contributed by atoms with Gasteiger partial charge in [0.05, 0.1) is 6.61 Å². The lowest BCUT2D eigenvalue weighted by molar-refractivity contribution is -0.688. The zero-order valence-corrected chi connectivity index (χ0v) is 13.5. The first-order chi connectivity index (χ1) is 10.2. The second-order valence-electron chi connectivity index (χ2n) is 5.77. The van der Waals surface area contributed by atoms with Crippen molar-refractivity contribution in [1.82, 2.24) is 4.57 Å².